The molecule has 1 fully saturated rings. The van der Waals surface area contributed by atoms with E-state index in [9.17, 15) is 4.39 Å². The molecule has 3 heteroatoms. The SMILES string of the molecule is Fc1nccn1C(c1ccccc1)c1ccc(C2CCCCC2)cc1. The van der Waals surface area contributed by atoms with Gasteiger partial charge in [0.2, 0.25) is 0 Å². The van der Waals surface area contributed by atoms with E-state index in [0.717, 1.165) is 11.1 Å². The minimum atomic E-state index is -0.454. The first-order chi connectivity index (χ1) is 12.3. The van der Waals surface area contributed by atoms with Gasteiger partial charge in [0.25, 0.3) is 6.08 Å². The maximum atomic E-state index is 14.2. The van der Waals surface area contributed by atoms with Crippen molar-refractivity contribution in [2.24, 2.45) is 0 Å². The molecule has 0 spiro atoms. The summed E-state index contributed by atoms with van der Waals surface area (Å²) in [6.45, 7) is 0. The largest absolute Gasteiger partial charge is 0.296 e. The van der Waals surface area contributed by atoms with Crippen molar-refractivity contribution >= 4 is 0 Å². The summed E-state index contributed by atoms with van der Waals surface area (Å²) in [7, 11) is 0. The fraction of sp³-hybridized carbons (Fsp3) is 0.318. The summed E-state index contributed by atoms with van der Waals surface area (Å²) in [6, 6.07) is 18.6. The van der Waals surface area contributed by atoms with Gasteiger partial charge in [-0.15, -0.1) is 0 Å². The average molecular weight is 334 g/mol. The highest BCUT2D eigenvalue weighted by Gasteiger charge is 2.20. The number of hydrogen-bond donors (Lipinski definition) is 0. The predicted octanol–water partition coefficient (Wildman–Crippen LogP) is 5.71. The van der Waals surface area contributed by atoms with Crippen LogP contribution in [0.15, 0.2) is 67.0 Å². The molecule has 2 nitrogen and oxygen atoms in total. The van der Waals surface area contributed by atoms with Gasteiger partial charge in [0.05, 0.1) is 6.04 Å². The Labute approximate surface area is 148 Å². The first-order valence-electron chi connectivity index (χ1n) is 9.16. The van der Waals surface area contributed by atoms with Crippen molar-refractivity contribution in [2.75, 3.05) is 0 Å². The maximum Gasteiger partial charge on any atom is 0.289 e. The molecule has 1 atom stereocenters. The van der Waals surface area contributed by atoms with Gasteiger partial charge in [-0.1, -0.05) is 73.9 Å². The lowest BCUT2D eigenvalue weighted by molar-refractivity contribution is 0.443. The Kier molecular flexibility index (Phi) is 4.64. The second-order valence-electron chi connectivity index (χ2n) is 6.92. The van der Waals surface area contributed by atoms with Gasteiger partial charge in [-0.2, -0.15) is 4.39 Å². The smallest absolute Gasteiger partial charge is 0.289 e. The van der Waals surface area contributed by atoms with Crippen LogP contribution in [0.5, 0.6) is 0 Å². The van der Waals surface area contributed by atoms with Crippen LogP contribution >= 0.6 is 0 Å². The third-order valence-corrected chi connectivity index (χ3v) is 5.34. The molecule has 3 aromatic rings. The minimum Gasteiger partial charge on any atom is -0.296 e. The van der Waals surface area contributed by atoms with Crippen LogP contribution in [0.25, 0.3) is 0 Å². The zero-order valence-corrected chi connectivity index (χ0v) is 14.3. The molecule has 0 N–H and O–H groups in total. The summed E-state index contributed by atoms with van der Waals surface area (Å²) >= 11 is 0. The Hall–Kier alpha value is -2.42. The van der Waals surface area contributed by atoms with E-state index in [1.54, 1.807) is 10.8 Å². The Morgan fingerprint density at radius 3 is 2.20 bits per heavy atom. The van der Waals surface area contributed by atoms with Gasteiger partial charge in [-0.05, 0) is 35.4 Å². The highest BCUT2D eigenvalue weighted by atomic mass is 19.1. The standard InChI is InChI=1S/C22H23FN2/c23-22-24-15-16-25(22)21(19-9-5-2-6-10-19)20-13-11-18(12-14-20)17-7-3-1-4-8-17/h2,5-6,9-17,21H,1,3-4,7-8H2. The molecule has 2 aromatic carbocycles. The van der Waals surface area contributed by atoms with Crippen molar-refractivity contribution in [1.82, 2.24) is 9.55 Å². The molecule has 1 unspecified atom stereocenters. The van der Waals surface area contributed by atoms with Crippen molar-refractivity contribution in [3.8, 4) is 0 Å². The van der Waals surface area contributed by atoms with E-state index in [4.69, 9.17) is 0 Å². The van der Waals surface area contributed by atoms with Crippen LogP contribution in [-0.4, -0.2) is 9.55 Å². The lowest BCUT2D eigenvalue weighted by Crippen LogP contribution is -2.14. The molecule has 1 saturated carbocycles. The first kappa shape index (κ1) is 16.1. The molecule has 25 heavy (non-hydrogen) atoms. The Morgan fingerprint density at radius 1 is 0.880 bits per heavy atom. The van der Waals surface area contributed by atoms with Gasteiger partial charge in [-0.25, -0.2) is 4.98 Å². The van der Waals surface area contributed by atoms with Crippen LogP contribution in [0.2, 0.25) is 0 Å². The lowest BCUT2D eigenvalue weighted by atomic mass is 9.83. The summed E-state index contributed by atoms with van der Waals surface area (Å²) in [5, 5.41) is 0. The summed E-state index contributed by atoms with van der Waals surface area (Å²) in [6.07, 6.45) is 9.38. The highest BCUT2D eigenvalue weighted by Crippen LogP contribution is 2.34. The van der Waals surface area contributed by atoms with E-state index in [1.807, 2.05) is 30.3 Å². The monoisotopic (exact) mass is 334 g/mol. The molecule has 0 saturated heterocycles. The van der Waals surface area contributed by atoms with E-state index in [0.29, 0.717) is 5.92 Å². The number of halogens is 1. The molecule has 1 aromatic heterocycles. The Bertz CT molecular complexity index is 802. The van der Waals surface area contributed by atoms with Crippen molar-refractivity contribution in [3.63, 3.8) is 0 Å². The fourth-order valence-corrected chi connectivity index (χ4v) is 4.02. The summed E-state index contributed by atoms with van der Waals surface area (Å²) in [4.78, 5) is 3.78. The first-order valence-corrected chi connectivity index (χ1v) is 9.16. The van der Waals surface area contributed by atoms with Crippen LogP contribution in [-0.2, 0) is 0 Å². The average Bonchev–Trinajstić information content (AvgIpc) is 3.10. The molecule has 1 aliphatic rings. The third-order valence-electron chi connectivity index (χ3n) is 5.34. The van der Waals surface area contributed by atoms with Gasteiger partial charge in [0, 0.05) is 12.4 Å². The summed E-state index contributed by atoms with van der Waals surface area (Å²) < 4.78 is 15.8. The quantitative estimate of drug-likeness (QED) is 0.598. The molecular weight excluding hydrogens is 311 g/mol. The Balaban J connectivity index is 1.69. The zero-order chi connectivity index (χ0) is 17.1. The van der Waals surface area contributed by atoms with Crippen molar-refractivity contribution in [3.05, 3.63) is 89.8 Å². The van der Waals surface area contributed by atoms with Crippen molar-refractivity contribution < 1.29 is 4.39 Å². The van der Waals surface area contributed by atoms with Crippen molar-refractivity contribution in [1.29, 1.82) is 0 Å². The molecule has 0 radical (unpaired) electrons. The number of benzene rings is 2. The van der Waals surface area contributed by atoms with Crippen molar-refractivity contribution in [2.45, 2.75) is 44.1 Å². The number of aromatic nitrogens is 2. The maximum absolute atomic E-state index is 14.2. The molecule has 0 aliphatic heterocycles. The molecular formula is C22H23FN2. The van der Waals surface area contributed by atoms with Crippen LogP contribution in [0, 0.1) is 6.08 Å². The van der Waals surface area contributed by atoms with Gasteiger partial charge in [-0.3, -0.25) is 4.57 Å². The van der Waals surface area contributed by atoms with E-state index in [1.165, 1.54) is 43.9 Å². The van der Waals surface area contributed by atoms with Crippen LogP contribution in [0.4, 0.5) is 4.39 Å². The van der Waals surface area contributed by atoms with Gasteiger partial charge < -0.3 is 0 Å². The van der Waals surface area contributed by atoms with Gasteiger partial charge >= 0.3 is 0 Å². The van der Waals surface area contributed by atoms with E-state index in [-0.39, 0.29) is 6.04 Å². The molecule has 1 heterocycles. The van der Waals surface area contributed by atoms with Gasteiger partial charge in [0.1, 0.15) is 0 Å². The minimum absolute atomic E-state index is 0.191. The lowest BCUT2D eigenvalue weighted by Gasteiger charge is -2.24. The fourth-order valence-electron chi connectivity index (χ4n) is 4.02. The van der Waals surface area contributed by atoms with Crippen LogP contribution in [0.3, 0.4) is 0 Å². The summed E-state index contributed by atoms with van der Waals surface area (Å²) in [5.74, 6) is 0.683. The molecule has 4 rings (SSSR count). The second-order valence-corrected chi connectivity index (χ2v) is 6.92. The Morgan fingerprint density at radius 2 is 1.56 bits per heavy atom. The second kappa shape index (κ2) is 7.22. The topological polar surface area (TPSA) is 17.8 Å². The molecule has 1 aliphatic carbocycles. The molecule has 128 valence electrons. The van der Waals surface area contributed by atoms with E-state index in [2.05, 4.69) is 29.2 Å². The molecule has 0 bridgehead atoms. The number of imidazole rings is 1. The number of hydrogen-bond acceptors (Lipinski definition) is 1. The number of rotatable bonds is 4. The zero-order valence-electron chi connectivity index (χ0n) is 14.3. The normalized spacial score (nSPS) is 16.7. The summed E-state index contributed by atoms with van der Waals surface area (Å²) in [5.41, 5.74) is 3.56. The molecule has 0 amide bonds. The highest BCUT2D eigenvalue weighted by molar-refractivity contribution is 5.35. The van der Waals surface area contributed by atoms with Crippen LogP contribution < -0.4 is 0 Å². The van der Waals surface area contributed by atoms with E-state index >= 15 is 0 Å². The third kappa shape index (κ3) is 3.37. The van der Waals surface area contributed by atoms with Gasteiger partial charge in [0.15, 0.2) is 0 Å². The predicted molar refractivity (Wildman–Crippen MR) is 98.1 cm³/mol. The van der Waals surface area contributed by atoms with Crippen LogP contribution in [0.1, 0.15) is 60.8 Å². The van der Waals surface area contributed by atoms with E-state index < -0.39 is 6.08 Å². The number of nitrogens with zero attached hydrogens (tertiary/aromatic N) is 2.